The molecule has 1 atom stereocenters. The van der Waals surface area contributed by atoms with Crippen molar-refractivity contribution in [1.82, 2.24) is 15.6 Å². The van der Waals surface area contributed by atoms with Gasteiger partial charge in [-0.15, -0.1) is 11.3 Å². The zero-order valence-electron chi connectivity index (χ0n) is 15.0. The van der Waals surface area contributed by atoms with Crippen molar-refractivity contribution in [3.8, 4) is 0 Å². The van der Waals surface area contributed by atoms with Crippen LogP contribution in [0.2, 0.25) is 5.02 Å². The molecule has 0 bridgehead atoms. The number of urea groups is 1. The zero-order chi connectivity index (χ0) is 18.9. The number of carbonyl (C=O) groups is 1. The normalized spacial score (nSPS) is 17.4. The monoisotopic (exact) mass is 396 g/mol. The van der Waals surface area contributed by atoms with E-state index in [1.807, 2.05) is 31.1 Å². The molecule has 0 aliphatic carbocycles. The number of hydrogen-bond acceptors (Lipinski definition) is 4. The summed E-state index contributed by atoms with van der Waals surface area (Å²) in [6.45, 7) is 7.18. The van der Waals surface area contributed by atoms with E-state index in [1.165, 1.54) is 17.4 Å². The van der Waals surface area contributed by atoms with Crippen LogP contribution >= 0.6 is 22.9 Å². The molecule has 2 heterocycles. The Hall–Kier alpha value is -1.86. The highest BCUT2D eigenvalue weighted by Gasteiger charge is 2.29. The van der Waals surface area contributed by atoms with Crippen LogP contribution in [-0.4, -0.2) is 30.1 Å². The lowest BCUT2D eigenvalue weighted by molar-refractivity contribution is 0.227. The van der Waals surface area contributed by atoms with E-state index in [0.29, 0.717) is 6.54 Å². The standard InChI is InChI=1S/C18H22ClFN4OS/c1-11-10-26-16(21-11)18(2,3)23-17(25)22-12-6-7-24(9-12)13-4-5-14(19)15(20)8-13/h4-5,8,10,12H,6-7,9H2,1-3H3,(H2,22,23,25). The number of anilines is 1. The summed E-state index contributed by atoms with van der Waals surface area (Å²) in [4.78, 5) is 18.9. The van der Waals surface area contributed by atoms with Crippen molar-refractivity contribution in [3.05, 3.63) is 45.1 Å². The van der Waals surface area contributed by atoms with Crippen molar-refractivity contribution in [2.75, 3.05) is 18.0 Å². The minimum absolute atomic E-state index is 0.00238. The summed E-state index contributed by atoms with van der Waals surface area (Å²) in [6.07, 6.45) is 0.800. The van der Waals surface area contributed by atoms with Gasteiger partial charge in [-0.25, -0.2) is 14.2 Å². The summed E-state index contributed by atoms with van der Waals surface area (Å²) >= 11 is 7.27. The molecule has 140 valence electrons. The maximum Gasteiger partial charge on any atom is 0.315 e. The Labute approximate surface area is 161 Å². The number of thiazole rings is 1. The number of carbonyl (C=O) groups excluding carboxylic acids is 1. The van der Waals surface area contributed by atoms with E-state index in [-0.39, 0.29) is 17.1 Å². The number of rotatable bonds is 4. The molecule has 26 heavy (non-hydrogen) atoms. The SMILES string of the molecule is Cc1csc(C(C)(C)NC(=O)NC2CCN(c3ccc(Cl)c(F)c3)C2)n1. The van der Waals surface area contributed by atoms with Gasteiger partial charge in [0.2, 0.25) is 0 Å². The lowest BCUT2D eigenvalue weighted by Gasteiger charge is -2.25. The Kier molecular flexibility index (Phi) is 5.39. The van der Waals surface area contributed by atoms with Gasteiger partial charge in [0.1, 0.15) is 10.8 Å². The molecule has 2 amide bonds. The van der Waals surface area contributed by atoms with E-state index in [1.54, 1.807) is 12.1 Å². The third kappa shape index (κ3) is 4.27. The molecule has 1 aromatic carbocycles. The Balaban J connectivity index is 1.56. The fraction of sp³-hybridized carbons (Fsp3) is 0.444. The second-order valence-corrected chi connectivity index (χ2v) is 8.31. The quantitative estimate of drug-likeness (QED) is 0.819. The molecule has 0 saturated carbocycles. The summed E-state index contributed by atoms with van der Waals surface area (Å²) in [5.41, 5.74) is 1.18. The minimum Gasteiger partial charge on any atom is -0.369 e. The number of hydrogen-bond donors (Lipinski definition) is 2. The van der Waals surface area contributed by atoms with Crippen molar-refractivity contribution < 1.29 is 9.18 Å². The minimum atomic E-state index is -0.541. The highest BCUT2D eigenvalue weighted by Crippen LogP contribution is 2.26. The first-order valence-electron chi connectivity index (χ1n) is 8.46. The molecule has 0 radical (unpaired) electrons. The van der Waals surface area contributed by atoms with Crippen LogP contribution in [-0.2, 0) is 5.54 Å². The van der Waals surface area contributed by atoms with Gasteiger partial charge in [0, 0.05) is 35.9 Å². The van der Waals surface area contributed by atoms with Crippen molar-refractivity contribution in [1.29, 1.82) is 0 Å². The van der Waals surface area contributed by atoms with Crippen molar-refractivity contribution in [2.45, 2.75) is 38.8 Å². The first-order valence-corrected chi connectivity index (χ1v) is 9.71. The lowest BCUT2D eigenvalue weighted by atomic mass is 10.1. The molecule has 1 aliphatic rings. The first kappa shape index (κ1) is 18.9. The largest absolute Gasteiger partial charge is 0.369 e. The molecule has 2 aromatic rings. The lowest BCUT2D eigenvalue weighted by Crippen LogP contribution is -2.50. The van der Waals surface area contributed by atoms with Crippen LogP contribution in [0.5, 0.6) is 0 Å². The number of benzene rings is 1. The first-order chi connectivity index (χ1) is 12.2. The fourth-order valence-electron chi connectivity index (χ4n) is 2.99. The molecular weight excluding hydrogens is 375 g/mol. The summed E-state index contributed by atoms with van der Waals surface area (Å²) in [6, 6.07) is 4.55. The molecule has 1 saturated heterocycles. The van der Waals surface area contributed by atoms with E-state index >= 15 is 0 Å². The number of halogens is 2. The van der Waals surface area contributed by atoms with Gasteiger partial charge in [0.15, 0.2) is 0 Å². The van der Waals surface area contributed by atoms with Gasteiger partial charge in [0.25, 0.3) is 0 Å². The molecule has 8 heteroatoms. The number of aromatic nitrogens is 1. The number of nitrogens with zero attached hydrogens (tertiary/aromatic N) is 2. The number of nitrogens with one attached hydrogen (secondary N) is 2. The number of amides is 2. The predicted octanol–water partition coefficient (Wildman–Crippen LogP) is 4.06. The topological polar surface area (TPSA) is 57.3 Å². The highest BCUT2D eigenvalue weighted by atomic mass is 35.5. The summed E-state index contributed by atoms with van der Waals surface area (Å²) < 4.78 is 13.6. The van der Waals surface area contributed by atoms with Gasteiger partial charge in [-0.05, 0) is 45.4 Å². The van der Waals surface area contributed by atoms with Crippen molar-refractivity contribution in [2.24, 2.45) is 0 Å². The van der Waals surface area contributed by atoms with E-state index in [9.17, 15) is 9.18 Å². The second-order valence-electron chi connectivity index (χ2n) is 7.05. The second kappa shape index (κ2) is 7.40. The number of aryl methyl sites for hydroxylation is 1. The van der Waals surface area contributed by atoms with Gasteiger partial charge < -0.3 is 15.5 Å². The van der Waals surface area contributed by atoms with Crippen molar-refractivity contribution >= 4 is 34.7 Å². The van der Waals surface area contributed by atoms with Crippen LogP contribution in [0.3, 0.4) is 0 Å². The summed E-state index contributed by atoms with van der Waals surface area (Å²) in [7, 11) is 0. The molecular formula is C18H22ClFN4OS. The average molecular weight is 397 g/mol. The molecule has 5 nitrogen and oxygen atoms in total. The van der Waals surface area contributed by atoms with E-state index in [2.05, 4.69) is 15.6 Å². The van der Waals surface area contributed by atoms with E-state index < -0.39 is 11.4 Å². The van der Waals surface area contributed by atoms with Crippen LogP contribution in [0, 0.1) is 12.7 Å². The van der Waals surface area contributed by atoms with Crippen LogP contribution < -0.4 is 15.5 Å². The Morgan fingerprint density at radius 1 is 1.46 bits per heavy atom. The van der Waals surface area contributed by atoms with Gasteiger partial charge in [-0.3, -0.25) is 0 Å². The average Bonchev–Trinajstić information content (AvgIpc) is 3.19. The smallest absolute Gasteiger partial charge is 0.315 e. The molecule has 1 unspecified atom stereocenters. The Bertz CT molecular complexity index is 810. The molecule has 1 aliphatic heterocycles. The van der Waals surface area contributed by atoms with Gasteiger partial charge >= 0.3 is 6.03 Å². The maximum absolute atomic E-state index is 13.6. The summed E-state index contributed by atoms with van der Waals surface area (Å²) in [5, 5.41) is 8.94. The summed E-state index contributed by atoms with van der Waals surface area (Å²) in [5.74, 6) is -0.432. The van der Waals surface area contributed by atoms with Crippen LogP contribution in [0.25, 0.3) is 0 Å². The van der Waals surface area contributed by atoms with E-state index in [0.717, 1.165) is 29.4 Å². The molecule has 3 rings (SSSR count). The van der Waals surface area contributed by atoms with Crippen LogP contribution in [0.4, 0.5) is 14.9 Å². The van der Waals surface area contributed by atoms with Crippen molar-refractivity contribution in [3.63, 3.8) is 0 Å². The molecule has 2 N–H and O–H groups in total. The molecule has 0 spiro atoms. The third-order valence-corrected chi connectivity index (χ3v) is 5.96. The van der Waals surface area contributed by atoms with Gasteiger partial charge in [-0.1, -0.05) is 11.6 Å². The molecule has 1 fully saturated rings. The predicted molar refractivity (Wildman–Crippen MR) is 104 cm³/mol. The Morgan fingerprint density at radius 3 is 2.88 bits per heavy atom. The third-order valence-electron chi connectivity index (χ3n) is 4.37. The highest BCUT2D eigenvalue weighted by molar-refractivity contribution is 7.09. The fourth-order valence-corrected chi connectivity index (χ4v) is 3.99. The van der Waals surface area contributed by atoms with E-state index in [4.69, 9.17) is 11.6 Å². The van der Waals surface area contributed by atoms with Crippen LogP contribution in [0.1, 0.15) is 31.0 Å². The van der Waals surface area contributed by atoms with Gasteiger partial charge in [-0.2, -0.15) is 0 Å². The maximum atomic E-state index is 13.6. The Morgan fingerprint density at radius 2 is 2.23 bits per heavy atom. The van der Waals surface area contributed by atoms with Crippen LogP contribution in [0.15, 0.2) is 23.6 Å². The molecule has 1 aromatic heterocycles. The van der Waals surface area contributed by atoms with Gasteiger partial charge in [0.05, 0.1) is 10.6 Å². The zero-order valence-corrected chi connectivity index (χ0v) is 16.5.